The molecule has 0 bridgehead atoms. The van der Waals surface area contributed by atoms with Gasteiger partial charge in [0.25, 0.3) is 0 Å². The van der Waals surface area contributed by atoms with Crippen molar-refractivity contribution in [1.29, 1.82) is 0 Å². The summed E-state index contributed by atoms with van der Waals surface area (Å²) in [6, 6.07) is 8.89. The fourth-order valence-corrected chi connectivity index (χ4v) is 2.96. The lowest BCUT2D eigenvalue weighted by molar-refractivity contribution is -0.111. The molecular formula is C22H27N3O5. The minimum absolute atomic E-state index is 0.275. The van der Waals surface area contributed by atoms with E-state index in [4.69, 9.17) is 18.9 Å². The lowest BCUT2D eigenvalue weighted by atomic mass is 10.1. The van der Waals surface area contributed by atoms with Gasteiger partial charge in [0.15, 0.2) is 0 Å². The van der Waals surface area contributed by atoms with Gasteiger partial charge in [-0.15, -0.1) is 0 Å². The van der Waals surface area contributed by atoms with Crippen molar-refractivity contribution in [2.45, 2.75) is 0 Å². The number of ether oxygens (including phenoxy) is 4. The number of nitrogens with one attached hydrogen (secondary N) is 1. The molecule has 0 atom stereocenters. The number of morpholine rings is 1. The Morgan fingerprint density at radius 3 is 2.73 bits per heavy atom. The van der Waals surface area contributed by atoms with Crippen molar-refractivity contribution in [3.8, 4) is 17.4 Å². The topological polar surface area (TPSA) is 82.2 Å². The Morgan fingerprint density at radius 1 is 1.20 bits per heavy atom. The molecular weight excluding hydrogens is 386 g/mol. The molecule has 1 amide bonds. The van der Waals surface area contributed by atoms with Gasteiger partial charge in [-0.2, -0.15) is 0 Å². The minimum atomic E-state index is -0.275. The predicted molar refractivity (Wildman–Crippen MR) is 114 cm³/mol. The lowest BCUT2D eigenvalue weighted by Gasteiger charge is -2.26. The van der Waals surface area contributed by atoms with E-state index in [9.17, 15) is 4.79 Å². The normalized spacial score (nSPS) is 14.5. The molecule has 1 saturated heterocycles. The summed E-state index contributed by atoms with van der Waals surface area (Å²) in [5.74, 6) is 1.59. The van der Waals surface area contributed by atoms with E-state index in [1.54, 1.807) is 56.8 Å². The Balaban J connectivity index is 1.49. The van der Waals surface area contributed by atoms with Crippen LogP contribution in [0.25, 0.3) is 6.08 Å². The van der Waals surface area contributed by atoms with Gasteiger partial charge in [-0.25, -0.2) is 4.98 Å². The van der Waals surface area contributed by atoms with Crippen LogP contribution in [0.2, 0.25) is 0 Å². The van der Waals surface area contributed by atoms with Crippen molar-refractivity contribution in [1.82, 2.24) is 9.88 Å². The van der Waals surface area contributed by atoms with Gasteiger partial charge in [-0.3, -0.25) is 9.69 Å². The fraction of sp³-hybridized carbons (Fsp3) is 0.364. The second-order valence-electron chi connectivity index (χ2n) is 6.62. The molecule has 8 nitrogen and oxygen atoms in total. The van der Waals surface area contributed by atoms with Crippen LogP contribution in [0.3, 0.4) is 0 Å². The summed E-state index contributed by atoms with van der Waals surface area (Å²) in [6.45, 7) is 4.79. The number of aromatic nitrogens is 1. The molecule has 1 aliphatic heterocycles. The van der Waals surface area contributed by atoms with Crippen LogP contribution < -0.4 is 19.5 Å². The highest BCUT2D eigenvalue weighted by Crippen LogP contribution is 2.25. The van der Waals surface area contributed by atoms with E-state index in [0.717, 1.165) is 38.4 Å². The van der Waals surface area contributed by atoms with Crippen LogP contribution in [0.15, 0.2) is 42.6 Å². The van der Waals surface area contributed by atoms with Crippen LogP contribution in [-0.2, 0) is 9.53 Å². The molecule has 160 valence electrons. The highest BCUT2D eigenvalue weighted by Gasteiger charge is 2.10. The largest absolute Gasteiger partial charge is 0.497 e. The van der Waals surface area contributed by atoms with E-state index in [2.05, 4.69) is 15.2 Å². The highest BCUT2D eigenvalue weighted by atomic mass is 16.5. The Kier molecular flexibility index (Phi) is 8.05. The van der Waals surface area contributed by atoms with Crippen molar-refractivity contribution in [3.05, 3.63) is 48.2 Å². The zero-order valence-electron chi connectivity index (χ0n) is 17.3. The van der Waals surface area contributed by atoms with E-state index in [0.29, 0.717) is 29.7 Å². The number of pyridine rings is 1. The Bertz CT molecular complexity index is 848. The Labute approximate surface area is 176 Å². The predicted octanol–water partition coefficient (Wildman–Crippen LogP) is 2.46. The summed E-state index contributed by atoms with van der Waals surface area (Å²) in [4.78, 5) is 18.8. The first-order chi connectivity index (χ1) is 14.7. The summed E-state index contributed by atoms with van der Waals surface area (Å²) >= 11 is 0. The molecule has 3 rings (SSSR count). The molecule has 0 spiro atoms. The number of nitrogens with zero attached hydrogens (tertiary/aromatic N) is 2. The highest BCUT2D eigenvalue weighted by molar-refractivity contribution is 6.02. The molecule has 1 fully saturated rings. The van der Waals surface area contributed by atoms with Crippen LogP contribution in [-0.4, -0.2) is 69.5 Å². The van der Waals surface area contributed by atoms with Gasteiger partial charge in [0.1, 0.15) is 18.1 Å². The Hall–Kier alpha value is -3.10. The Morgan fingerprint density at radius 2 is 2.03 bits per heavy atom. The van der Waals surface area contributed by atoms with E-state index >= 15 is 0 Å². The first-order valence-electron chi connectivity index (χ1n) is 9.78. The molecule has 1 aromatic carbocycles. The zero-order chi connectivity index (χ0) is 21.2. The summed E-state index contributed by atoms with van der Waals surface area (Å²) in [7, 11) is 3.17. The third-order valence-corrected chi connectivity index (χ3v) is 4.62. The smallest absolute Gasteiger partial charge is 0.248 e. The van der Waals surface area contributed by atoms with Gasteiger partial charge in [-0.1, -0.05) is 0 Å². The van der Waals surface area contributed by atoms with Crippen LogP contribution in [0, 0.1) is 0 Å². The molecule has 0 saturated carbocycles. The van der Waals surface area contributed by atoms with Crippen molar-refractivity contribution in [3.63, 3.8) is 0 Å². The van der Waals surface area contributed by atoms with Gasteiger partial charge < -0.3 is 24.3 Å². The van der Waals surface area contributed by atoms with Crippen molar-refractivity contribution in [2.75, 3.05) is 59.0 Å². The third kappa shape index (κ3) is 6.47. The molecule has 0 unspecified atom stereocenters. The number of rotatable bonds is 9. The van der Waals surface area contributed by atoms with Gasteiger partial charge in [0.2, 0.25) is 11.8 Å². The minimum Gasteiger partial charge on any atom is -0.497 e. The van der Waals surface area contributed by atoms with Crippen LogP contribution in [0.1, 0.15) is 5.56 Å². The van der Waals surface area contributed by atoms with E-state index in [1.165, 1.54) is 6.08 Å². The van der Waals surface area contributed by atoms with E-state index in [1.807, 2.05) is 0 Å². The maximum atomic E-state index is 12.2. The van der Waals surface area contributed by atoms with Gasteiger partial charge in [0.05, 0.1) is 39.3 Å². The second kappa shape index (κ2) is 11.2. The molecule has 1 N–H and O–H groups in total. The number of methoxy groups -OCH3 is 2. The van der Waals surface area contributed by atoms with E-state index < -0.39 is 0 Å². The molecule has 1 aliphatic rings. The third-order valence-electron chi connectivity index (χ3n) is 4.62. The fourth-order valence-electron chi connectivity index (χ4n) is 2.96. The summed E-state index contributed by atoms with van der Waals surface area (Å²) in [5, 5.41) is 2.78. The molecule has 2 aromatic rings. The van der Waals surface area contributed by atoms with Gasteiger partial charge >= 0.3 is 0 Å². The first kappa shape index (κ1) is 21.6. The second-order valence-corrected chi connectivity index (χ2v) is 6.62. The zero-order valence-corrected chi connectivity index (χ0v) is 17.3. The molecule has 0 radical (unpaired) electrons. The molecule has 1 aromatic heterocycles. The van der Waals surface area contributed by atoms with Gasteiger partial charge in [0, 0.05) is 37.3 Å². The number of hydrogen-bond acceptors (Lipinski definition) is 7. The molecule has 2 heterocycles. The van der Waals surface area contributed by atoms with Crippen molar-refractivity contribution in [2.24, 2.45) is 0 Å². The standard InChI is InChI=1S/C22H27N3O5/c1-27-19-5-6-20(28-2)17(15-19)3-7-21(26)24-18-4-8-22(23-16-18)30-14-11-25-9-12-29-13-10-25/h3-8,15-16H,9-14H2,1-2H3,(H,24,26)/b7-3+. The summed E-state index contributed by atoms with van der Waals surface area (Å²) < 4.78 is 21.5. The van der Waals surface area contributed by atoms with Gasteiger partial charge in [-0.05, 0) is 30.3 Å². The van der Waals surface area contributed by atoms with E-state index in [-0.39, 0.29) is 5.91 Å². The quantitative estimate of drug-likeness (QED) is 0.633. The van der Waals surface area contributed by atoms with Crippen LogP contribution >= 0.6 is 0 Å². The number of carbonyl (C=O) groups excluding carboxylic acids is 1. The maximum absolute atomic E-state index is 12.2. The number of benzene rings is 1. The van der Waals surface area contributed by atoms with Crippen molar-refractivity contribution >= 4 is 17.7 Å². The molecule has 8 heteroatoms. The molecule has 30 heavy (non-hydrogen) atoms. The first-order valence-corrected chi connectivity index (χ1v) is 9.78. The number of hydrogen-bond donors (Lipinski definition) is 1. The summed E-state index contributed by atoms with van der Waals surface area (Å²) in [6.07, 6.45) is 4.68. The number of amides is 1. The average molecular weight is 413 g/mol. The monoisotopic (exact) mass is 413 g/mol. The molecule has 0 aliphatic carbocycles. The average Bonchev–Trinajstić information content (AvgIpc) is 2.79. The van der Waals surface area contributed by atoms with Crippen LogP contribution in [0.5, 0.6) is 17.4 Å². The lowest BCUT2D eigenvalue weighted by Crippen LogP contribution is -2.38. The van der Waals surface area contributed by atoms with Crippen molar-refractivity contribution < 1.29 is 23.7 Å². The number of carbonyl (C=O) groups is 1. The summed E-state index contributed by atoms with van der Waals surface area (Å²) in [5.41, 5.74) is 1.33. The maximum Gasteiger partial charge on any atom is 0.248 e. The SMILES string of the molecule is COc1ccc(OC)c(/C=C/C(=O)Nc2ccc(OCCN3CCOCC3)nc2)c1. The number of anilines is 1. The van der Waals surface area contributed by atoms with Crippen LogP contribution in [0.4, 0.5) is 5.69 Å².